The number of nitrogens with zero attached hydrogens (tertiary/aromatic N) is 4. The van der Waals surface area contributed by atoms with Crippen LogP contribution in [0.3, 0.4) is 0 Å². The van der Waals surface area contributed by atoms with Gasteiger partial charge in [0.15, 0.2) is 0 Å². The molecule has 4 rings (SSSR count). The first-order valence-corrected chi connectivity index (χ1v) is 11.7. The van der Waals surface area contributed by atoms with E-state index in [-0.39, 0.29) is 23.9 Å². The second-order valence-corrected chi connectivity index (χ2v) is 9.56. The summed E-state index contributed by atoms with van der Waals surface area (Å²) in [6.45, 7) is 4.08. The quantitative estimate of drug-likeness (QED) is 0.536. The molecular formula is C23H22FN5O3S. The van der Waals surface area contributed by atoms with Crippen LogP contribution in [0.15, 0.2) is 78.9 Å². The van der Waals surface area contributed by atoms with Gasteiger partial charge in [0.2, 0.25) is 15.9 Å². The molecule has 3 heterocycles. The van der Waals surface area contributed by atoms with E-state index in [4.69, 9.17) is 0 Å². The number of aromatic nitrogens is 3. The third-order valence-electron chi connectivity index (χ3n) is 5.49. The molecule has 170 valence electrons. The fraction of sp³-hybridized carbons (Fsp3) is 0.217. The van der Waals surface area contributed by atoms with Crippen LogP contribution in [0.4, 0.5) is 4.39 Å². The lowest BCUT2D eigenvalue weighted by Gasteiger charge is -2.23. The fourth-order valence-electron chi connectivity index (χ4n) is 3.73. The molecule has 1 aliphatic heterocycles. The van der Waals surface area contributed by atoms with Crippen molar-refractivity contribution < 1.29 is 17.6 Å². The molecule has 1 saturated heterocycles. The molecular weight excluding hydrogens is 445 g/mol. The normalized spacial score (nSPS) is 18.7. The van der Waals surface area contributed by atoms with Crippen LogP contribution in [0.2, 0.25) is 0 Å². The number of carbonyl (C=O) groups excluding carboxylic acids is 1. The van der Waals surface area contributed by atoms with Crippen LogP contribution in [-0.4, -0.2) is 46.2 Å². The summed E-state index contributed by atoms with van der Waals surface area (Å²) in [5.41, 5.74) is 2.20. The predicted octanol–water partition coefficient (Wildman–Crippen LogP) is 2.56. The molecule has 0 saturated carbocycles. The molecule has 33 heavy (non-hydrogen) atoms. The van der Waals surface area contributed by atoms with E-state index in [0.29, 0.717) is 12.1 Å². The summed E-state index contributed by atoms with van der Waals surface area (Å²) in [6, 6.07) is 7.25. The van der Waals surface area contributed by atoms with E-state index in [0.717, 1.165) is 23.3 Å². The van der Waals surface area contributed by atoms with Gasteiger partial charge >= 0.3 is 0 Å². The van der Waals surface area contributed by atoms with Crippen LogP contribution in [0, 0.1) is 11.7 Å². The average molecular weight is 468 g/mol. The van der Waals surface area contributed by atoms with Crippen molar-refractivity contribution in [1.29, 1.82) is 0 Å². The molecule has 0 aliphatic carbocycles. The lowest BCUT2D eigenvalue weighted by atomic mass is 10.1. The van der Waals surface area contributed by atoms with Crippen LogP contribution in [0.1, 0.15) is 12.0 Å². The molecule has 0 radical (unpaired) electrons. The van der Waals surface area contributed by atoms with Gasteiger partial charge in [0.25, 0.3) is 0 Å². The minimum Gasteiger partial charge on any atom is -0.351 e. The first-order chi connectivity index (χ1) is 15.9. The number of halogens is 1. The van der Waals surface area contributed by atoms with Crippen molar-refractivity contribution in [2.75, 3.05) is 6.54 Å². The number of amides is 1. The minimum absolute atomic E-state index is 0.0599. The third-order valence-corrected chi connectivity index (χ3v) is 7.38. The first kappa shape index (κ1) is 22.7. The molecule has 2 atom stereocenters. The van der Waals surface area contributed by atoms with Gasteiger partial charge in [-0.1, -0.05) is 6.08 Å². The summed E-state index contributed by atoms with van der Waals surface area (Å²) in [5.74, 6) is -1.11. The van der Waals surface area contributed by atoms with E-state index in [2.05, 4.69) is 26.8 Å². The van der Waals surface area contributed by atoms with Gasteiger partial charge in [0, 0.05) is 37.2 Å². The smallest absolute Gasteiger partial charge is 0.243 e. The second-order valence-electron chi connectivity index (χ2n) is 7.67. The molecule has 10 heteroatoms. The van der Waals surface area contributed by atoms with Gasteiger partial charge in [-0.05, 0) is 54.3 Å². The Labute approximate surface area is 191 Å². The molecule has 0 bridgehead atoms. The summed E-state index contributed by atoms with van der Waals surface area (Å²) in [5, 5.41) is 2.83. The number of benzene rings is 1. The Morgan fingerprint density at radius 2 is 1.94 bits per heavy atom. The number of hydrogen-bond acceptors (Lipinski definition) is 6. The van der Waals surface area contributed by atoms with Gasteiger partial charge in [0.05, 0.1) is 10.6 Å². The van der Waals surface area contributed by atoms with Gasteiger partial charge in [-0.15, -0.1) is 6.58 Å². The zero-order valence-corrected chi connectivity index (χ0v) is 18.5. The van der Waals surface area contributed by atoms with Gasteiger partial charge in [-0.3, -0.25) is 9.78 Å². The Kier molecular flexibility index (Phi) is 6.57. The van der Waals surface area contributed by atoms with E-state index >= 15 is 0 Å². The molecule has 0 unspecified atom stereocenters. The molecule has 1 fully saturated rings. The molecule has 2 aromatic heterocycles. The van der Waals surface area contributed by atoms with Crippen molar-refractivity contribution in [1.82, 2.24) is 24.6 Å². The van der Waals surface area contributed by atoms with Crippen LogP contribution in [0.25, 0.3) is 11.3 Å². The maximum Gasteiger partial charge on any atom is 0.243 e. The van der Waals surface area contributed by atoms with E-state index in [1.54, 1.807) is 30.7 Å². The number of rotatable bonds is 7. The number of sulfonamides is 1. The van der Waals surface area contributed by atoms with Gasteiger partial charge in [-0.2, -0.15) is 4.31 Å². The lowest BCUT2D eigenvalue weighted by molar-refractivity contribution is -0.124. The molecule has 1 amide bonds. The Hall–Kier alpha value is -3.50. The highest BCUT2D eigenvalue weighted by molar-refractivity contribution is 7.89. The van der Waals surface area contributed by atoms with Crippen LogP contribution in [-0.2, 0) is 21.4 Å². The van der Waals surface area contributed by atoms with Gasteiger partial charge < -0.3 is 5.32 Å². The monoisotopic (exact) mass is 467 g/mol. The van der Waals surface area contributed by atoms with E-state index in [9.17, 15) is 17.6 Å². The van der Waals surface area contributed by atoms with Gasteiger partial charge in [-0.25, -0.2) is 22.8 Å². The number of hydrogen-bond donors (Lipinski definition) is 1. The van der Waals surface area contributed by atoms with E-state index in [1.165, 1.54) is 22.8 Å². The Balaban J connectivity index is 1.50. The molecule has 8 nitrogen and oxygen atoms in total. The summed E-state index contributed by atoms with van der Waals surface area (Å²) in [4.78, 5) is 25.2. The summed E-state index contributed by atoms with van der Waals surface area (Å²) < 4.78 is 40.8. The lowest BCUT2D eigenvalue weighted by Crippen LogP contribution is -2.45. The first-order valence-electron chi connectivity index (χ1n) is 10.3. The van der Waals surface area contributed by atoms with Crippen LogP contribution >= 0.6 is 0 Å². The van der Waals surface area contributed by atoms with Crippen LogP contribution in [0.5, 0.6) is 0 Å². The van der Waals surface area contributed by atoms with Crippen molar-refractivity contribution in [2.24, 2.45) is 5.92 Å². The molecule has 1 N–H and O–H groups in total. The topological polar surface area (TPSA) is 105 Å². The summed E-state index contributed by atoms with van der Waals surface area (Å²) >= 11 is 0. The van der Waals surface area contributed by atoms with Gasteiger partial charge in [0.1, 0.15) is 18.2 Å². The number of pyridine rings is 1. The molecule has 1 aromatic carbocycles. The summed E-state index contributed by atoms with van der Waals surface area (Å²) in [7, 11) is -3.98. The minimum atomic E-state index is -3.98. The Morgan fingerprint density at radius 3 is 2.64 bits per heavy atom. The van der Waals surface area contributed by atoms with Crippen molar-refractivity contribution >= 4 is 15.9 Å². The highest BCUT2D eigenvalue weighted by atomic mass is 32.2. The standard InChI is InChI=1S/C23H22FN5O3S/c1-2-16-10-22(29(14-16)33(31,32)20-5-3-19(24)4-6-20)23(30)28-11-17-7-8-27-21(9-17)18-12-25-15-26-13-18/h2-9,12-13,15-16,22H,1,10-11,14H2,(H,28,30)/t16-,22+/m1/s1. The molecule has 3 aromatic rings. The zero-order chi connectivity index (χ0) is 23.4. The fourth-order valence-corrected chi connectivity index (χ4v) is 5.39. The predicted molar refractivity (Wildman–Crippen MR) is 119 cm³/mol. The molecule has 1 aliphatic rings. The van der Waals surface area contributed by atoms with Crippen molar-refractivity contribution in [3.63, 3.8) is 0 Å². The second kappa shape index (κ2) is 9.55. The molecule has 0 spiro atoms. The third kappa shape index (κ3) is 4.96. The zero-order valence-electron chi connectivity index (χ0n) is 17.6. The summed E-state index contributed by atoms with van der Waals surface area (Å²) in [6.07, 6.45) is 8.31. The maximum absolute atomic E-state index is 13.3. The number of carbonyl (C=O) groups is 1. The number of nitrogens with one attached hydrogen (secondary N) is 1. The highest BCUT2D eigenvalue weighted by Crippen LogP contribution is 2.30. The van der Waals surface area contributed by atoms with Crippen molar-refractivity contribution in [3.05, 3.63) is 85.4 Å². The Bertz CT molecular complexity index is 1250. The van der Waals surface area contributed by atoms with Crippen molar-refractivity contribution in [3.8, 4) is 11.3 Å². The average Bonchev–Trinajstić information content (AvgIpc) is 3.29. The highest BCUT2D eigenvalue weighted by Gasteiger charge is 2.42. The maximum atomic E-state index is 13.3. The van der Waals surface area contributed by atoms with Crippen LogP contribution < -0.4 is 5.32 Å². The largest absolute Gasteiger partial charge is 0.351 e. The van der Waals surface area contributed by atoms with E-state index in [1.807, 2.05) is 6.07 Å². The van der Waals surface area contributed by atoms with Crippen molar-refractivity contribution in [2.45, 2.75) is 23.9 Å². The SMILES string of the molecule is C=C[C@@H]1C[C@@H](C(=O)NCc2ccnc(-c3cncnc3)c2)N(S(=O)(=O)c2ccc(F)cc2)C1. The Morgan fingerprint density at radius 1 is 1.21 bits per heavy atom. The van der Waals surface area contributed by atoms with E-state index < -0.39 is 27.8 Å².